The SMILES string of the molecule is COc1ccc(Cn2nc3n(c(=O)c2=O)CC2(CCN(C(=O)c4cccn(C)c4=O)CC2)C3)cc1. The Bertz CT molecular complexity index is 1460. The van der Waals surface area contributed by atoms with E-state index in [0.29, 0.717) is 50.5 Å². The van der Waals surface area contributed by atoms with Crippen molar-refractivity contribution in [1.29, 1.82) is 0 Å². The quantitative estimate of drug-likeness (QED) is 0.511. The molecule has 5 rings (SSSR count). The van der Waals surface area contributed by atoms with Crippen molar-refractivity contribution in [3.63, 3.8) is 0 Å². The lowest BCUT2D eigenvalue weighted by Crippen LogP contribution is -2.46. The maximum atomic E-state index is 12.9. The fraction of sp³-hybridized carbons (Fsp3) is 0.400. The van der Waals surface area contributed by atoms with Crippen LogP contribution < -0.4 is 21.4 Å². The summed E-state index contributed by atoms with van der Waals surface area (Å²) in [4.78, 5) is 52.6. The second-order valence-corrected chi connectivity index (χ2v) is 9.43. The number of amides is 1. The minimum atomic E-state index is -0.644. The van der Waals surface area contributed by atoms with E-state index in [1.165, 1.54) is 13.8 Å². The van der Waals surface area contributed by atoms with Gasteiger partial charge in [-0.1, -0.05) is 12.1 Å². The van der Waals surface area contributed by atoms with Gasteiger partial charge in [0, 0.05) is 39.3 Å². The first-order valence-corrected chi connectivity index (χ1v) is 11.6. The molecule has 0 unspecified atom stereocenters. The van der Waals surface area contributed by atoms with Crippen LogP contribution in [0, 0.1) is 5.41 Å². The largest absolute Gasteiger partial charge is 0.497 e. The zero-order chi connectivity index (χ0) is 24.7. The first kappa shape index (κ1) is 22.8. The molecule has 0 atom stereocenters. The Morgan fingerprint density at radius 2 is 1.74 bits per heavy atom. The van der Waals surface area contributed by atoms with Gasteiger partial charge in [0.15, 0.2) is 0 Å². The summed E-state index contributed by atoms with van der Waals surface area (Å²) in [5.41, 5.74) is -0.749. The highest BCUT2D eigenvalue weighted by Gasteiger charge is 2.43. The van der Waals surface area contributed by atoms with Gasteiger partial charge in [-0.25, -0.2) is 4.68 Å². The van der Waals surface area contributed by atoms with Crippen molar-refractivity contribution in [2.24, 2.45) is 12.5 Å². The van der Waals surface area contributed by atoms with Crippen LogP contribution in [-0.4, -0.2) is 49.9 Å². The van der Waals surface area contributed by atoms with Gasteiger partial charge < -0.3 is 14.2 Å². The first-order chi connectivity index (χ1) is 16.8. The third-order valence-corrected chi connectivity index (χ3v) is 7.19. The minimum Gasteiger partial charge on any atom is -0.497 e. The van der Waals surface area contributed by atoms with Crippen LogP contribution >= 0.6 is 0 Å². The number of hydrogen-bond acceptors (Lipinski definition) is 6. The molecule has 0 radical (unpaired) electrons. The molecule has 35 heavy (non-hydrogen) atoms. The highest BCUT2D eigenvalue weighted by atomic mass is 16.5. The molecule has 10 nitrogen and oxygen atoms in total. The number of likely N-dealkylation sites (tertiary alicyclic amines) is 1. The van der Waals surface area contributed by atoms with E-state index in [4.69, 9.17) is 4.74 Å². The molecule has 1 fully saturated rings. The number of ether oxygens (including phenoxy) is 1. The average Bonchev–Trinajstić information content (AvgIpc) is 3.22. The molecule has 2 aliphatic heterocycles. The fourth-order valence-electron chi connectivity index (χ4n) is 5.06. The van der Waals surface area contributed by atoms with Gasteiger partial charge in [0.2, 0.25) is 0 Å². The standard InChI is InChI=1S/C25H27N5O5/c1-27-11-3-4-19(21(27)31)22(32)28-12-9-25(10-13-28)14-20-26-30(24(34)23(33)29(20)16-25)15-17-5-7-18(35-2)8-6-17/h3-8,11H,9-10,12-16H2,1-2H3. The van der Waals surface area contributed by atoms with E-state index in [1.807, 2.05) is 12.1 Å². The molecule has 2 aliphatic rings. The Balaban J connectivity index is 1.33. The van der Waals surface area contributed by atoms with Crippen molar-refractivity contribution >= 4 is 5.91 Å². The summed E-state index contributed by atoms with van der Waals surface area (Å²) in [7, 11) is 3.21. The van der Waals surface area contributed by atoms with Crippen molar-refractivity contribution in [1.82, 2.24) is 23.8 Å². The van der Waals surface area contributed by atoms with Crippen LogP contribution in [0.25, 0.3) is 0 Å². The lowest BCUT2D eigenvalue weighted by atomic mass is 9.77. The predicted molar refractivity (Wildman–Crippen MR) is 128 cm³/mol. The van der Waals surface area contributed by atoms with Crippen molar-refractivity contribution in [2.45, 2.75) is 32.4 Å². The minimum absolute atomic E-state index is 0.161. The van der Waals surface area contributed by atoms with Crippen molar-refractivity contribution in [2.75, 3.05) is 20.2 Å². The zero-order valence-electron chi connectivity index (χ0n) is 19.8. The van der Waals surface area contributed by atoms with Crippen LogP contribution in [-0.2, 0) is 26.6 Å². The van der Waals surface area contributed by atoms with Crippen molar-refractivity contribution < 1.29 is 9.53 Å². The summed E-state index contributed by atoms with van der Waals surface area (Å²) in [6, 6.07) is 10.5. The number of pyridine rings is 1. The summed E-state index contributed by atoms with van der Waals surface area (Å²) >= 11 is 0. The van der Waals surface area contributed by atoms with Gasteiger partial charge in [0.25, 0.3) is 11.5 Å². The molecule has 0 bridgehead atoms. The molecule has 182 valence electrons. The molecular formula is C25H27N5O5. The highest BCUT2D eigenvalue weighted by Crippen LogP contribution is 2.40. The van der Waals surface area contributed by atoms with E-state index in [2.05, 4.69) is 5.10 Å². The molecule has 1 saturated heterocycles. The number of benzene rings is 1. The molecule has 1 spiro atoms. The number of carbonyl (C=O) groups excluding carboxylic acids is 1. The van der Waals surface area contributed by atoms with E-state index >= 15 is 0 Å². The number of fused-ring (bicyclic) bond motifs is 1. The Labute approximate surface area is 201 Å². The summed E-state index contributed by atoms with van der Waals surface area (Å²) in [6.45, 7) is 1.58. The molecule has 0 aliphatic carbocycles. The number of methoxy groups -OCH3 is 1. The lowest BCUT2D eigenvalue weighted by molar-refractivity contribution is 0.0573. The second-order valence-electron chi connectivity index (χ2n) is 9.43. The van der Waals surface area contributed by atoms with Crippen LogP contribution in [0.15, 0.2) is 57.0 Å². The van der Waals surface area contributed by atoms with Gasteiger partial charge in [-0.05, 0) is 48.1 Å². The molecule has 0 N–H and O–H groups in total. The van der Waals surface area contributed by atoms with E-state index in [1.54, 1.807) is 49.5 Å². The van der Waals surface area contributed by atoms with E-state index in [-0.39, 0.29) is 29.0 Å². The molecule has 4 heterocycles. The molecule has 0 saturated carbocycles. The summed E-state index contributed by atoms with van der Waals surface area (Å²) in [6.07, 6.45) is 3.53. The first-order valence-electron chi connectivity index (χ1n) is 11.6. The smallest absolute Gasteiger partial charge is 0.332 e. The Morgan fingerprint density at radius 1 is 1.03 bits per heavy atom. The van der Waals surface area contributed by atoms with E-state index in [9.17, 15) is 19.2 Å². The Kier molecular flexibility index (Phi) is 5.66. The summed E-state index contributed by atoms with van der Waals surface area (Å²) < 4.78 is 9.29. The molecule has 1 aromatic carbocycles. The van der Waals surface area contributed by atoms with Crippen LogP contribution in [0.4, 0.5) is 0 Å². The number of piperidine rings is 1. The predicted octanol–water partition coefficient (Wildman–Crippen LogP) is 0.639. The number of rotatable bonds is 4. The van der Waals surface area contributed by atoms with Gasteiger partial charge >= 0.3 is 11.1 Å². The molecule has 3 aromatic rings. The number of nitrogens with zero attached hydrogens (tertiary/aromatic N) is 5. The number of carbonyl (C=O) groups is 1. The third kappa shape index (κ3) is 4.09. The monoisotopic (exact) mass is 477 g/mol. The maximum absolute atomic E-state index is 12.9. The van der Waals surface area contributed by atoms with Gasteiger partial charge in [-0.3, -0.25) is 23.7 Å². The Hall–Kier alpha value is -3.95. The normalized spacial score (nSPS) is 16.3. The van der Waals surface area contributed by atoms with Crippen LogP contribution in [0.1, 0.15) is 34.6 Å². The van der Waals surface area contributed by atoms with Gasteiger partial charge in [-0.15, -0.1) is 0 Å². The number of aromatic nitrogens is 4. The number of aryl methyl sites for hydroxylation is 1. The summed E-state index contributed by atoms with van der Waals surface area (Å²) in [5.74, 6) is 1.04. The molecule has 10 heteroatoms. The molecular weight excluding hydrogens is 450 g/mol. The van der Waals surface area contributed by atoms with Crippen molar-refractivity contribution in [3.8, 4) is 5.75 Å². The maximum Gasteiger partial charge on any atom is 0.332 e. The molecule has 1 amide bonds. The van der Waals surface area contributed by atoms with Crippen LogP contribution in [0.3, 0.4) is 0 Å². The molecule has 2 aromatic heterocycles. The van der Waals surface area contributed by atoms with Crippen LogP contribution in [0.5, 0.6) is 5.75 Å². The fourth-order valence-corrected chi connectivity index (χ4v) is 5.06. The van der Waals surface area contributed by atoms with E-state index < -0.39 is 11.1 Å². The van der Waals surface area contributed by atoms with E-state index in [0.717, 1.165) is 5.56 Å². The topological polar surface area (TPSA) is 108 Å². The summed E-state index contributed by atoms with van der Waals surface area (Å²) in [5, 5.41) is 4.54. The van der Waals surface area contributed by atoms with Crippen LogP contribution in [0.2, 0.25) is 0 Å². The third-order valence-electron chi connectivity index (χ3n) is 7.19. The van der Waals surface area contributed by atoms with Crippen molar-refractivity contribution in [3.05, 3.63) is 90.6 Å². The van der Waals surface area contributed by atoms with Gasteiger partial charge in [0.1, 0.15) is 17.1 Å². The number of hydrogen-bond donors (Lipinski definition) is 0. The second kappa shape index (κ2) is 8.68. The van der Waals surface area contributed by atoms with Gasteiger partial charge in [0.05, 0.1) is 13.7 Å². The highest BCUT2D eigenvalue weighted by molar-refractivity contribution is 5.93. The Morgan fingerprint density at radius 3 is 2.43 bits per heavy atom. The zero-order valence-corrected chi connectivity index (χ0v) is 19.8. The lowest BCUT2D eigenvalue weighted by Gasteiger charge is -2.38. The average molecular weight is 478 g/mol. The van der Waals surface area contributed by atoms with Gasteiger partial charge in [-0.2, -0.15) is 5.10 Å².